The van der Waals surface area contributed by atoms with E-state index < -0.39 is 5.97 Å². The minimum atomic E-state index is -0.830. The number of carboxylic acids is 1. The Bertz CT molecular complexity index is 564. The minimum Gasteiger partial charge on any atom is -0.481 e. The molecule has 0 saturated carbocycles. The van der Waals surface area contributed by atoms with Gasteiger partial charge in [-0.3, -0.25) is 4.79 Å². The second-order valence-electron chi connectivity index (χ2n) is 5.19. The van der Waals surface area contributed by atoms with E-state index in [0.29, 0.717) is 0 Å². The summed E-state index contributed by atoms with van der Waals surface area (Å²) in [5.41, 5.74) is 2.48. The summed E-state index contributed by atoms with van der Waals surface area (Å²) >= 11 is 0. The number of fused-ring (bicyclic) bond motifs is 1. The molecule has 1 N–H and O–H groups in total. The molecule has 17 heavy (non-hydrogen) atoms. The fraction of sp³-hybridized carbons (Fsp3) is 0.385. The number of rotatable bonds is 2. The van der Waals surface area contributed by atoms with E-state index in [2.05, 4.69) is 25.8 Å². The molecule has 2 aromatic heterocycles. The van der Waals surface area contributed by atoms with Gasteiger partial charge in [0.2, 0.25) is 0 Å². The third-order valence-corrected chi connectivity index (χ3v) is 2.68. The first-order valence-electron chi connectivity index (χ1n) is 5.57. The van der Waals surface area contributed by atoms with E-state index in [1.807, 2.05) is 28.8 Å². The molecule has 0 radical (unpaired) electrons. The lowest BCUT2D eigenvalue weighted by molar-refractivity contribution is -0.136. The Morgan fingerprint density at radius 3 is 2.71 bits per heavy atom. The topological polar surface area (TPSA) is 54.6 Å². The summed E-state index contributed by atoms with van der Waals surface area (Å²) in [6, 6.07) is 5.54. The standard InChI is InChI=1S/C13H16N2O2/c1-13(2,3)10-8-15-9(7-12(16)17)5-4-6-11(15)14-10/h4-6,8H,7H2,1-3H3,(H,16,17). The second-order valence-corrected chi connectivity index (χ2v) is 5.19. The lowest BCUT2D eigenvalue weighted by atomic mass is 9.93. The quantitative estimate of drug-likeness (QED) is 0.864. The van der Waals surface area contributed by atoms with Crippen molar-refractivity contribution in [1.29, 1.82) is 0 Å². The summed E-state index contributed by atoms with van der Waals surface area (Å²) in [5, 5.41) is 8.86. The van der Waals surface area contributed by atoms with E-state index in [4.69, 9.17) is 5.11 Å². The van der Waals surface area contributed by atoms with E-state index >= 15 is 0 Å². The highest BCUT2D eigenvalue weighted by molar-refractivity contribution is 5.70. The van der Waals surface area contributed by atoms with Crippen LogP contribution in [0.3, 0.4) is 0 Å². The lowest BCUT2D eigenvalue weighted by Crippen LogP contribution is -2.11. The van der Waals surface area contributed by atoms with Crippen LogP contribution in [0, 0.1) is 0 Å². The third kappa shape index (κ3) is 2.30. The number of aromatic nitrogens is 2. The van der Waals surface area contributed by atoms with Gasteiger partial charge >= 0.3 is 5.97 Å². The molecule has 90 valence electrons. The molecule has 2 aromatic rings. The van der Waals surface area contributed by atoms with Crippen LogP contribution in [0.15, 0.2) is 24.4 Å². The second kappa shape index (κ2) is 3.87. The maximum absolute atomic E-state index is 10.8. The molecule has 0 aliphatic carbocycles. The van der Waals surface area contributed by atoms with Crippen molar-refractivity contribution in [3.8, 4) is 0 Å². The molecule has 0 unspecified atom stereocenters. The van der Waals surface area contributed by atoms with Crippen LogP contribution < -0.4 is 0 Å². The number of pyridine rings is 1. The summed E-state index contributed by atoms with van der Waals surface area (Å²) < 4.78 is 1.86. The van der Waals surface area contributed by atoms with Crippen molar-refractivity contribution in [2.24, 2.45) is 0 Å². The molecule has 0 amide bonds. The fourth-order valence-corrected chi connectivity index (χ4v) is 1.73. The highest BCUT2D eigenvalue weighted by Crippen LogP contribution is 2.22. The van der Waals surface area contributed by atoms with Crippen LogP contribution in [-0.2, 0) is 16.6 Å². The molecule has 0 saturated heterocycles. The summed E-state index contributed by atoms with van der Waals surface area (Å²) in [7, 11) is 0. The Balaban J connectivity index is 2.57. The van der Waals surface area contributed by atoms with Crippen molar-refractivity contribution in [2.75, 3.05) is 0 Å². The molecule has 0 atom stereocenters. The van der Waals surface area contributed by atoms with Gasteiger partial charge in [0.05, 0.1) is 12.1 Å². The maximum atomic E-state index is 10.8. The summed E-state index contributed by atoms with van der Waals surface area (Å²) in [6.45, 7) is 6.27. The SMILES string of the molecule is CC(C)(C)c1cn2c(CC(=O)O)cccc2n1. The van der Waals surface area contributed by atoms with Gasteiger partial charge in [0.1, 0.15) is 5.65 Å². The fourth-order valence-electron chi connectivity index (χ4n) is 1.73. The van der Waals surface area contributed by atoms with Crippen molar-refractivity contribution in [1.82, 2.24) is 9.38 Å². The Hall–Kier alpha value is -1.84. The van der Waals surface area contributed by atoms with E-state index in [-0.39, 0.29) is 11.8 Å². The van der Waals surface area contributed by atoms with Gasteiger partial charge in [-0.25, -0.2) is 4.98 Å². The molecule has 4 nitrogen and oxygen atoms in total. The Labute approximate surface area is 99.9 Å². The highest BCUT2D eigenvalue weighted by atomic mass is 16.4. The van der Waals surface area contributed by atoms with Crippen molar-refractivity contribution in [3.05, 3.63) is 35.8 Å². The minimum absolute atomic E-state index is 0.0112. The van der Waals surface area contributed by atoms with Gasteiger partial charge < -0.3 is 9.51 Å². The molecular weight excluding hydrogens is 216 g/mol. The third-order valence-electron chi connectivity index (χ3n) is 2.68. The monoisotopic (exact) mass is 232 g/mol. The van der Waals surface area contributed by atoms with Crippen LogP contribution >= 0.6 is 0 Å². The van der Waals surface area contributed by atoms with E-state index in [9.17, 15) is 4.79 Å². The Kier molecular flexibility index (Phi) is 2.65. The number of aliphatic carboxylic acids is 1. The zero-order valence-electron chi connectivity index (χ0n) is 10.3. The first-order chi connectivity index (χ1) is 7.88. The van der Waals surface area contributed by atoms with Crippen molar-refractivity contribution in [2.45, 2.75) is 32.6 Å². The van der Waals surface area contributed by atoms with Gasteiger partial charge in [-0.1, -0.05) is 26.8 Å². The van der Waals surface area contributed by atoms with Crippen LogP contribution in [0.25, 0.3) is 5.65 Å². The van der Waals surface area contributed by atoms with Crippen molar-refractivity contribution >= 4 is 11.6 Å². The first-order valence-corrected chi connectivity index (χ1v) is 5.57. The number of imidazole rings is 1. The molecular formula is C13H16N2O2. The van der Waals surface area contributed by atoms with Gasteiger partial charge in [0, 0.05) is 17.3 Å². The van der Waals surface area contributed by atoms with E-state index in [1.54, 1.807) is 0 Å². The number of hydrogen-bond acceptors (Lipinski definition) is 2. The van der Waals surface area contributed by atoms with Gasteiger partial charge in [0.25, 0.3) is 0 Å². The average Bonchev–Trinajstić information content (AvgIpc) is 2.60. The van der Waals surface area contributed by atoms with E-state index in [1.165, 1.54) is 0 Å². The zero-order chi connectivity index (χ0) is 12.6. The predicted molar refractivity (Wildman–Crippen MR) is 65.2 cm³/mol. The largest absolute Gasteiger partial charge is 0.481 e. The smallest absolute Gasteiger partial charge is 0.309 e. The molecule has 0 fully saturated rings. The molecule has 0 aliphatic rings. The average molecular weight is 232 g/mol. The number of hydrogen-bond donors (Lipinski definition) is 1. The summed E-state index contributed by atoms with van der Waals surface area (Å²) in [4.78, 5) is 15.3. The number of carbonyl (C=O) groups is 1. The molecule has 2 rings (SSSR count). The molecule has 0 spiro atoms. The lowest BCUT2D eigenvalue weighted by Gasteiger charge is -2.13. The summed E-state index contributed by atoms with van der Waals surface area (Å²) in [6.07, 6.45) is 1.94. The van der Waals surface area contributed by atoms with Crippen molar-refractivity contribution < 1.29 is 9.90 Å². The van der Waals surface area contributed by atoms with Gasteiger partial charge in [-0.15, -0.1) is 0 Å². The highest BCUT2D eigenvalue weighted by Gasteiger charge is 2.18. The molecule has 0 aliphatic heterocycles. The number of carboxylic acid groups (broad SMARTS) is 1. The van der Waals surface area contributed by atoms with Gasteiger partial charge in [-0.2, -0.15) is 0 Å². The van der Waals surface area contributed by atoms with Crippen LogP contribution in [0.1, 0.15) is 32.2 Å². The Morgan fingerprint density at radius 1 is 1.41 bits per heavy atom. The van der Waals surface area contributed by atoms with Crippen LogP contribution in [0.4, 0.5) is 0 Å². The Morgan fingerprint density at radius 2 is 2.12 bits per heavy atom. The van der Waals surface area contributed by atoms with Gasteiger partial charge in [-0.05, 0) is 12.1 Å². The van der Waals surface area contributed by atoms with Crippen molar-refractivity contribution in [3.63, 3.8) is 0 Å². The summed E-state index contributed by atoms with van der Waals surface area (Å²) in [5.74, 6) is -0.830. The normalized spacial score (nSPS) is 11.9. The molecule has 0 bridgehead atoms. The predicted octanol–water partition coefficient (Wildman–Crippen LogP) is 2.26. The van der Waals surface area contributed by atoms with E-state index in [0.717, 1.165) is 17.0 Å². The molecule has 4 heteroatoms. The first kappa shape index (κ1) is 11.6. The molecule has 0 aromatic carbocycles. The van der Waals surface area contributed by atoms with Gasteiger partial charge in [0.15, 0.2) is 0 Å². The van der Waals surface area contributed by atoms with Crippen LogP contribution in [0.2, 0.25) is 0 Å². The maximum Gasteiger partial charge on any atom is 0.309 e. The molecule has 2 heterocycles. The zero-order valence-corrected chi connectivity index (χ0v) is 10.3. The van der Waals surface area contributed by atoms with Crippen LogP contribution in [-0.4, -0.2) is 20.5 Å². The number of nitrogens with zero attached hydrogens (tertiary/aromatic N) is 2. The van der Waals surface area contributed by atoms with Crippen LogP contribution in [0.5, 0.6) is 0 Å².